The van der Waals surface area contributed by atoms with Crippen LogP contribution in [-0.2, 0) is 9.53 Å². The summed E-state index contributed by atoms with van der Waals surface area (Å²) in [5.41, 5.74) is 1.42. The highest BCUT2D eigenvalue weighted by molar-refractivity contribution is 8.18. The average molecular weight is 408 g/mol. The molecule has 9 heteroatoms. The predicted octanol–water partition coefficient (Wildman–Crippen LogP) is 4.17. The van der Waals surface area contributed by atoms with Gasteiger partial charge in [0.2, 0.25) is 5.13 Å². The molecule has 2 heterocycles. The molecule has 6 nitrogen and oxygen atoms in total. The van der Waals surface area contributed by atoms with Crippen LogP contribution < -0.4 is 5.32 Å². The van der Waals surface area contributed by atoms with Crippen molar-refractivity contribution < 1.29 is 14.3 Å². The number of halogens is 1. The first-order valence-electron chi connectivity index (χ1n) is 7.66. The van der Waals surface area contributed by atoms with E-state index >= 15 is 0 Å². The standard InChI is InChI=1S/C17H14ClN3O3S2/c1-3-24-15(23)13-9(2)19-16(26-13)21-17-20-14(22)12(25-17)8-10-4-6-11(18)7-5-10/h4-8H,3H2,1-2H3,(H,19,20,21,22)/b12-8-. The van der Waals surface area contributed by atoms with Crippen LogP contribution in [0.15, 0.2) is 34.2 Å². The van der Waals surface area contributed by atoms with Gasteiger partial charge < -0.3 is 10.1 Å². The van der Waals surface area contributed by atoms with Gasteiger partial charge in [-0.3, -0.25) is 4.79 Å². The quantitative estimate of drug-likeness (QED) is 0.607. The van der Waals surface area contributed by atoms with Crippen molar-refractivity contribution in [2.45, 2.75) is 13.8 Å². The molecule has 1 saturated heterocycles. The Kier molecular flexibility index (Phi) is 5.75. The van der Waals surface area contributed by atoms with Crippen molar-refractivity contribution in [2.24, 2.45) is 4.99 Å². The number of rotatable bonds is 4. The van der Waals surface area contributed by atoms with Crippen LogP contribution in [0.25, 0.3) is 6.08 Å². The summed E-state index contributed by atoms with van der Waals surface area (Å²) < 4.78 is 4.99. The smallest absolute Gasteiger partial charge is 0.350 e. The molecule has 0 spiro atoms. The minimum atomic E-state index is -0.416. The molecule has 1 N–H and O–H groups in total. The number of nitrogens with zero attached hydrogens (tertiary/aromatic N) is 2. The Hall–Kier alpha value is -2.16. The van der Waals surface area contributed by atoms with Crippen LogP contribution in [0.4, 0.5) is 5.13 Å². The topological polar surface area (TPSA) is 80.6 Å². The van der Waals surface area contributed by atoms with Gasteiger partial charge in [0.25, 0.3) is 5.91 Å². The Morgan fingerprint density at radius 2 is 2.12 bits per heavy atom. The van der Waals surface area contributed by atoms with Crippen molar-refractivity contribution in [1.29, 1.82) is 0 Å². The number of benzene rings is 1. The Morgan fingerprint density at radius 3 is 2.81 bits per heavy atom. The van der Waals surface area contributed by atoms with Crippen LogP contribution >= 0.6 is 34.7 Å². The van der Waals surface area contributed by atoms with Crippen molar-refractivity contribution >= 4 is 63.0 Å². The largest absolute Gasteiger partial charge is 0.462 e. The summed E-state index contributed by atoms with van der Waals surface area (Å²) in [6.07, 6.45) is 1.76. The van der Waals surface area contributed by atoms with E-state index in [1.165, 1.54) is 11.8 Å². The van der Waals surface area contributed by atoms with Crippen LogP contribution in [0.1, 0.15) is 27.9 Å². The number of hydrogen-bond donors (Lipinski definition) is 1. The Morgan fingerprint density at radius 1 is 1.38 bits per heavy atom. The zero-order chi connectivity index (χ0) is 18.7. The molecule has 0 bridgehead atoms. The summed E-state index contributed by atoms with van der Waals surface area (Å²) in [6, 6.07) is 7.17. The lowest BCUT2D eigenvalue weighted by molar-refractivity contribution is -0.115. The van der Waals surface area contributed by atoms with E-state index < -0.39 is 5.97 Å². The molecule has 2 aromatic rings. The number of aliphatic imine (C=N–C) groups is 1. The number of esters is 1. The Bertz CT molecular complexity index is 920. The maximum atomic E-state index is 12.1. The number of nitrogens with one attached hydrogen (secondary N) is 1. The summed E-state index contributed by atoms with van der Waals surface area (Å²) >= 11 is 8.21. The number of hydrogen-bond acceptors (Lipinski definition) is 7. The van der Waals surface area contributed by atoms with Crippen molar-refractivity contribution in [3.05, 3.63) is 50.3 Å². The fourth-order valence-electron chi connectivity index (χ4n) is 2.09. The highest BCUT2D eigenvalue weighted by Crippen LogP contribution is 2.31. The van der Waals surface area contributed by atoms with Gasteiger partial charge in [-0.1, -0.05) is 35.1 Å². The zero-order valence-electron chi connectivity index (χ0n) is 13.9. The third-order valence-electron chi connectivity index (χ3n) is 3.26. The molecular formula is C17H14ClN3O3S2. The molecule has 3 rings (SSSR count). The van der Waals surface area contributed by atoms with Crippen LogP contribution in [-0.4, -0.2) is 28.6 Å². The molecule has 1 aliphatic heterocycles. The Labute approximate surface area is 163 Å². The summed E-state index contributed by atoms with van der Waals surface area (Å²) in [5, 5.41) is 4.14. The minimum absolute atomic E-state index is 0.234. The molecule has 0 saturated carbocycles. The number of aryl methyl sites for hydroxylation is 1. The number of thioether (sulfide) groups is 1. The fourth-order valence-corrected chi connectivity index (χ4v) is 3.94. The Balaban J connectivity index is 1.79. The van der Waals surface area contributed by atoms with Crippen LogP contribution in [0.3, 0.4) is 0 Å². The molecule has 26 heavy (non-hydrogen) atoms. The van der Waals surface area contributed by atoms with E-state index in [-0.39, 0.29) is 5.91 Å². The second kappa shape index (κ2) is 8.03. The molecule has 0 aliphatic carbocycles. The lowest BCUT2D eigenvalue weighted by Crippen LogP contribution is -2.19. The van der Waals surface area contributed by atoms with Crippen LogP contribution in [0.5, 0.6) is 0 Å². The number of thiazole rings is 1. The molecular weight excluding hydrogens is 394 g/mol. The van der Waals surface area contributed by atoms with Gasteiger partial charge in [-0.05, 0) is 49.4 Å². The first kappa shape index (κ1) is 18.6. The van der Waals surface area contributed by atoms with Crippen molar-refractivity contribution in [1.82, 2.24) is 10.3 Å². The molecule has 1 aromatic carbocycles. The van der Waals surface area contributed by atoms with Crippen LogP contribution in [0.2, 0.25) is 5.02 Å². The third-order valence-corrected chi connectivity index (χ3v) is 5.46. The van der Waals surface area contributed by atoms with Gasteiger partial charge in [0, 0.05) is 5.02 Å². The van der Waals surface area contributed by atoms with Gasteiger partial charge in [-0.15, -0.1) is 0 Å². The van der Waals surface area contributed by atoms with E-state index in [4.69, 9.17) is 16.3 Å². The average Bonchev–Trinajstić information content (AvgIpc) is 3.12. The lowest BCUT2D eigenvalue weighted by atomic mass is 10.2. The van der Waals surface area contributed by atoms with Gasteiger partial charge in [0.15, 0.2) is 5.17 Å². The van der Waals surface area contributed by atoms with Gasteiger partial charge in [-0.25, -0.2) is 9.78 Å². The minimum Gasteiger partial charge on any atom is -0.462 e. The molecule has 134 valence electrons. The fraction of sp³-hybridized carbons (Fsp3) is 0.176. The normalized spacial score (nSPS) is 17.0. The van der Waals surface area contributed by atoms with Gasteiger partial charge >= 0.3 is 5.97 Å². The third kappa shape index (κ3) is 4.32. The van der Waals surface area contributed by atoms with Crippen LogP contribution in [0, 0.1) is 6.92 Å². The number of carbonyl (C=O) groups excluding carboxylic acids is 2. The van der Waals surface area contributed by atoms with E-state index in [0.29, 0.717) is 37.4 Å². The van der Waals surface area contributed by atoms with E-state index in [1.807, 2.05) is 12.1 Å². The first-order chi connectivity index (χ1) is 12.5. The van der Waals surface area contributed by atoms with Crippen molar-refractivity contribution in [3.8, 4) is 0 Å². The molecule has 1 amide bonds. The van der Waals surface area contributed by atoms with E-state index in [0.717, 1.165) is 16.9 Å². The van der Waals surface area contributed by atoms with Gasteiger partial charge in [0.1, 0.15) is 4.88 Å². The summed E-state index contributed by atoms with van der Waals surface area (Å²) in [5.74, 6) is -0.650. The van der Waals surface area contributed by atoms with Crippen molar-refractivity contribution in [2.75, 3.05) is 6.61 Å². The molecule has 0 atom stereocenters. The van der Waals surface area contributed by atoms with Gasteiger partial charge in [0.05, 0.1) is 17.2 Å². The summed E-state index contributed by atoms with van der Waals surface area (Å²) in [7, 11) is 0. The maximum absolute atomic E-state index is 12.1. The number of amidine groups is 1. The van der Waals surface area contributed by atoms with Gasteiger partial charge in [-0.2, -0.15) is 4.99 Å². The second-order valence-electron chi connectivity index (χ2n) is 5.16. The zero-order valence-corrected chi connectivity index (χ0v) is 16.3. The molecule has 1 fully saturated rings. The monoisotopic (exact) mass is 407 g/mol. The molecule has 0 unspecified atom stereocenters. The van der Waals surface area contributed by atoms with E-state index in [1.54, 1.807) is 32.1 Å². The van der Waals surface area contributed by atoms with E-state index in [9.17, 15) is 9.59 Å². The lowest BCUT2D eigenvalue weighted by Gasteiger charge is -1.97. The first-order valence-corrected chi connectivity index (χ1v) is 9.67. The maximum Gasteiger partial charge on any atom is 0.350 e. The van der Waals surface area contributed by atoms with E-state index in [2.05, 4.69) is 15.3 Å². The molecule has 1 aromatic heterocycles. The molecule has 1 aliphatic rings. The highest BCUT2D eigenvalue weighted by atomic mass is 35.5. The molecule has 0 radical (unpaired) electrons. The van der Waals surface area contributed by atoms with Crippen molar-refractivity contribution in [3.63, 3.8) is 0 Å². The number of carbonyl (C=O) groups is 2. The predicted molar refractivity (Wildman–Crippen MR) is 105 cm³/mol. The highest BCUT2D eigenvalue weighted by Gasteiger charge is 2.25. The number of aromatic nitrogens is 1. The second-order valence-corrected chi connectivity index (χ2v) is 7.61. The summed E-state index contributed by atoms with van der Waals surface area (Å²) in [6.45, 7) is 3.76. The number of ether oxygens (including phenoxy) is 1. The SMILES string of the molecule is CCOC(=O)c1sc(/N=C2\NC(=O)/C(=C/c3ccc(Cl)cc3)S2)nc1C. The number of amides is 1. The summed E-state index contributed by atoms with van der Waals surface area (Å²) in [4.78, 5) is 33.5.